The summed E-state index contributed by atoms with van der Waals surface area (Å²) in [6.45, 7) is 0.463. The Labute approximate surface area is 141 Å². The summed E-state index contributed by atoms with van der Waals surface area (Å²) >= 11 is 4.99. The lowest BCUT2D eigenvalue weighted by Gasteiger charge is -2.12. The van der Waals surface area contributed by atoms with E-state index in [0.29, 0.717) is 6.54 Å². The number of halogens is 3. The Bertz CT molecular complexity index is 705. The number of nitrogens with zero attached hydrogens (tertiary/aromatic N) is 1. The van der Waals surface area contributed by atoms with E-state index in [1.807, 2.05) is 30.3 Å². The maximum absolute atomic E-state index is 12.4. The van der Waals surface area contributed by atoms with Crippen molar-refractivity contribution < 1.29 is 18.0 Å². The number of benzene rings is 1. The first kappa shape index (κ1) is 17.7. The van der Waals surface area contributed by atoms with Crippen molar-refractivity contribution in [3.05, 3.63) is 65.5 Å². The fraction of sp³-hybridized carbons (Fsp3) is 0.133. The SMILES string of the molecule is O=C(NNC(=S)NCc1ccccc1)c1ccc(C(F)(F)F)nc1. The third kappa shape index (κ3) is 5.20. The van der Waals surface area contributed by atoms with Crippen LogP contribution in [-0.4, -0.2) is 16.0 Å². The minimum atomic E-state index is -4.55. The molecule has 2 rings (SSSR count). The van der Waals surface area contributed by atoms with Gasteiger partial charge < -0.3 is 5.32 Å². The normalized spacial score (nSPS) is 10.8. The minimum absolute atomic E-state index is 0.0265. The molecule has 0 aliphatic heterocycles. The number of rotatable bonds is 3. The Morgan fingerprint density at radius 1 is 1.08 bits per heavy atom. The molecular formula is C15H13F3N4OS. The van der Waals surface area contributed by atoms with Crippen LogP contribution in [0.15, 0.2) is 48.7 Å². The van der Waals surface area contributed by atoms with Gasteiger partial charge in [0.05, 0.1) is 5.56 Å². The van der Waals surface area contributed by atoms with E-state index in [-0.39, 0.29) is 10.7 Å². The number of carbonyl (C=O) groups excluding carboxylic acids is 1. The monoisotopic (exact) mass is 354 g/mol. The van der Waals surface area contributed by atoms with Crippen molar-refractivity contribution in [1.82, 2.24) is 21.2 Å². The number of amides is 1. The molecule has 0 aliphatic rings. The second-order valence-corrected chi connectivity index (χ2v) is 5.09. The van der Waals surface area contributed by atoms with Gasteiger partial charge in [-0.15, -0.1) is 0 Å². The van der Waals surface area contributed by atoms with Crippen molar-refractivity contribution in [2.45, 2.75) is 12.7 Å². The van der Waals surface area contributed by atoms with E-state index < -0.39 is 17.8 Å². The van der Waals surface area contributed by atoms with Crippen LogP contribution in [0.1, 0.15) is 21.6 Å². The molecule has 3 N–H and O–H groups in total. The quantitative estimate of drug-likeness (QED) is 0.584. The Morgan fingerprint density at radius 2 is 1.79 bits per heavy atom. The molecule has 1 aromatic heterocycles. The van der Waals surface area contributed by atoms with Crippen LogP contribution in [0.5, 0.6) is 0 Å². The molecule has 2 aromatic rings. The van der Waals surface area contributed by atoms with E-state index in [4.69, 9.17) is 12.2 Å². The van der Waals surface area contributed by atoms with Gasteiger partial charge in [-0.2, -0.15) is 13.2 Å². The molecule has 1 aromatic carbocycles. The Kier molecular flexibility index (Phi) is 5.69. The van der Waals surface area contributed by atoms with Gasteiger partial charge in [0, 0.05) is 12.7 Å². The van der Waals surface area contributed by atoms with Crippen LogP contribution in [0.4, 0.5) is 13.2 Å². The molecule has 24 heavy (non-hydrogen) atoms. The molecule has 0 aliphatic carbocycles. The summed E-state index contributed by atoms with van der Waals surface area (Å²) in [5.74, 6) is -0.653. The van der Waals surface area contributed by atoms with Gasteiger partial charge in [0.15, 0.2) is 5.11 Å². The number of pyridine rings is 1. The van der Waals surface area contributed by atoms with E-state index in [0.717, 1.165) is 23.9 Å². The Morgan fingerprint density at radius 3 is 2.38 bits per heavy atom. The van der Waals surface area contributed by atoms with Gasteiger partial charge in [0.25, 0.3) is 5.91 Å². The van der Waals surface area contributed by atoms with Crippen molar-refractivity contribution in [3.63, 3.8) is 0 Å². The van der Waals surface area contributed by atoms with Crippen molar-refractivity contribution >= 4 is 23.2 Å². The average Bonchev–Trinajstić information content (AvgIpc) is 2.58. The first-order chi connectivity index (χ1) is 11.4. The standard InChI is InChI=1S/C15H13F3N4OS/c16-15(17,18)12-7-6-11(9-19-12)13(23)21-22-14(24)20-8-10-4-2-1-3-5-10/h1-7,9H,8H2,(H,21,23)(H2,20,22,24). The Hall–Kier alpha value is -2.68. The van der Waals surface area contributed by atoms with E-state index >= 15 is 0 Å². The molecule has 9 heteroatoms. The first-order valence-corrected chi connectivity index (χ1v) is 7.18. The highest BCUT2D eigenvalue weighted by molar-refractivity contribution is 7.80. The molecule has 0 fully saturated rings. The zero-order chi connectivity index (χ0) is 17.6. The fourth-order valence-electron chi connectivity index (χ4n) is 1.70. The minimum Gasteiger partial charge on any atom is -0.357 e. The third-order valence-electron chi connectivity index (χ3n) is 2.90. The molecule has 5 nitrogen and oxygen atoms in total. The molecule has 0 saturated carbocycles. The van der Waals surface area contributed by atoms with Crippen LogP contribution in [0.25, 0.3) is 0 Å². The van der Waals surface area contributed by atoms with Gasteiger partial charge in [0.1, 0.15) is 5.69 Å². The smallest absolute Gasteiger partial charge is 0.357 e. The van der Waals surface area contributed by atoms with Crippen LogP contribution in [0.3, 0.4) is 0 Å². The van der Waals surface area contributed by atoms with Gasteiger partial charge in [-0.1, -0.05) is 30.3 Å². The van der Waals surface area contributed by atoms with Crippen molar-refractivity contribution in [1.29, 1.82) is 0 Å². The van der Waals surface area contributed by atoms with E-state index in [9.17, 15) is 18.0 Å². The number of nitrogens with one attached hydrogen (secondary N) is 3. The fourth-order valence-corrected chi connectivity index (χ4v) is 1.83. The van der Waals surface area contributed by atoms with Crippen LogP contribution < -0.4 is 16.2 Å². The predicted octanol–water partition coefficient (Wildman–Crippen LogP) is 2.41. The molecule has 0 spiro atoms. The highest BCUT2D eigenvalue weighted by Gasteiger charge is 2.32. The molecule has 126 valence electrons. The molecule has 0 radical (unpaired) electrons. The second-order valence-electron chi connectivity index (χ2n) is 4.68. The van der Waals surface area contributed by atoms with Crippen molar-refractivity contribution in [2.75, 3.05) is 0 Å². The molecule has 0 bridgehead atoms. The van der Waals surface area contributed by atoms with E-state index in [1.54, 1.807) is 0 Å². The number of carbonyl (C=O) groups is 1. The van der Waals surface area contributed by atoms with Crippen LogP contribution in [0.2, 0.25) is 0 Å². The van der Waals surface area contributed by atoms with Gasteiger partial charge in [-0.3, -0.25) is 20.6 Å². The van der Waals surface area contributed by atoms with Gasteiger partial charge >= 0.3 is 6.18 Å². The molecule has 0 atom stereocenters. The summed E-state index contributed by atoms with van der Waals surface area (Å²) in [5, 5.41) is 3.05. The lowest BCUT2D eigenvalue weighted by molar-refractivity contribution is -0.141. The molecule has 1 heterocycles. The summed E-state index contributed by atoms with van der Waals surface area (Å²) in [6.07, 6.45) is -3.70. The number of alkyl halides is 3. The maximum Gasteiger partial charge on any atom is 0.433 e. The number of hydrogen-bond donors (Lipinski definition) is 3. The van der Waals surface area contributed by atoms with Crippen LogP contribution >= 0.6 is 12.2 Å². The number of hydrazine groups is 1. The topological polar surface area (TPSA) is 66.1 Å². The number of thiocarbonyl (C=S) groups is 1. The lowest BCUT2D eigenvalue weighted by atomic mass is 10.2. The highest BCUT2D eigenvalue weighted by atomic mass is 32.1. The average molecular weight is 354 g/mol. The largest absolute Gasteiger partial charge is 0.433 e. The van der Waals surface area contributed by atoms with Crippen molar-refractivity contribution in [2.24, 2.45) is 0 Å². The summed E-state index contributed by atoms with van der Waals surface area (Å²) < 4.78 is 37.2. The summed E-state index contributed by atoms with van der Waals surface area (Å²) in [7, 11) is 0. The highest BCUT2D eigenvalue weighted by Crippen LogP contribution is 2.27. The van der Waals surface area contributed by atoms with Gasteiger partial charge in [-0.05, 0) is 29.9 Å². The van der Waals surface area contributed by atoms with Gasteiger partial charge in [-0.25, -0.2) is 0 Å². The number of aromatic nitrogens is 1. The lowest BCUT2D eigenvalue weighted by Crippen LogP contribution is -2.46. The van der Waals surface area contributed by atoms with E-state index in [1.165, 1.54) is 0 Å². The van der Waals surface area contributed by atoms with Crippen molar-refractivity contribution in [3.8, 4) is 0 Å². The van der Waals surface area contributed by atoms with E-state index in [2.05, 4.69) is 21.2 Å². The molecule has 0 unspecified atom stereocenters. The summed E-state index contributed by atoms with van der Waals surface area (Å²) in [4.78, 5) is 15.0. The number of hydrogen-bond acceptors (Lipinski definition) is 3. The zero-order valence-electron chi connectivity index (χ0n) is 12.2. The first-order valence-electron chi connectivity index (χ1n) is 6.77. The summed E-state index contributed by atoms with van der Waals surface area (Å²) in [6, 6.07) is 11.2. The van der Waals surface area contributed by atoms with Gasteiger partial charge in [0.2, 0.25) is 0 Å². The molecular weight excluding hydrogens is 341 g/mol. The third-order valence-corrected chi connectivity index (χ3v) is 3.15. The molecule has 0 saturated heterocycles. The Balaban J connectivity index is 1.81. The predicted molar refractivity (Wildman–Crippen MR) is 85.7 cm³/mol. The maximum atomic E-state index is 12.4. The second kappa shape index (κ2) is 7.73. The zero-order valence-corrected chi connectivity index (χ0v) is 13.0. The van der Waals surface area contributed by atoms with Crippen LogP contribution in [0, 0.1) is 0 Å². The molecule has 1 amide bonds. The van der Waals surface area contributed by atoms with Crippen LogP contribution in [-0.2, 0) is 12.7 Å². The summed E-state index contributed by atoms with van der Waals surface area (Å²) in [5.41, 5.74) is 4.66.